The first-order valence-corrected chi connectivity index (χ1v) is 7.96. The van der Waals surface area contributed by atoms with E-state index in [4.69, 9.17) is 0 Å². The average molecular weight is 324 g/mol. The number of amides is 1. The van der Waals surface area contributed by atoms with Crippen molar-refractivity contribution in [1.29, 1.82) is 0 Å². The molecule has 0 bridgehead atoms. The molecule has 19 heavy (non-hydrogen) atoms. The zero-order valence-corrected chi connectivity index (χ0v) is 13.4. The van der Waals surface area contributed by atoms with Gasteiger partial charge >= 0.3 is 0 Å². The van der Waals surface area contributed by atoms with E-state index in [1.165, 1.54) is 12.8 Å². The van der Waals surface area contributed by atoms with E-state index in [1.807, 2.05) is 30.0 Å². The molecule has 0 saturated carbocycles. The normalized spacial score (nSPS) is 16.7. The van der Waals surface area contributed by atoms with Crippen molar-refractivity contribution in [3.63, 3.8) is 0 Å². The van der Waals surface area contributed by atoms with Crippen LogP contribution in [0.2, 0.25) is 0 Å². The summed E-state index contributed by atoms with van der Waals surface area (Å²) >= 11 is 3.45. The van der Waals surface area contributed by atoms with Crippen LogP contribution in [0.15, 0.2) is 22.7 Å². The molecule has 0 aliphatic carbocycles. The number of halogens is 1. The van der Waals surface area contributed by atoms with Gasteiger partial charge in [-0.2, -0.15) is 0 Å². The number of carbonyl (C=O) groups excluding carboxylic acids is 1. The molecule has 2 nitrogen and oxygen atoms in total. The Morgan fingerprint density at radius 2 is 2.05 bits per heavy atom. The molecular weight excluding hydrogens is 302 g/mol. The molecule has 1 saturated heterocycles. The maximum atomic E-state index is 12.5. The molecule has 1 aromatic rings. The Morgan fingerprint density at radius 3 is 2.68 bits per heavy atom. The van der Waals surface area contributed by atoms with Gasteiger partial charge in [0.15, 0.2) is 0 Å². The molecule has 104 valence electrons. The van der Waals surface area contributed by atoms with Crippen LogP contribution in [0.1, 0.15) is 48.5 Å². The molecule has 1 aliphatic heterocycles. The molecule has 3 heteroatoms. The van der Waals surface area contributed by atoms with Gasteiger partial charge in [0.05, 0.1) is 0 Å². The number of likely N-dealkylation sites (tertiary alicyclic amines) is 1. The Hall–Kier alpha value is -0.830. The maximum absolute atomic E-state index is 12.5. The van der Waals surface area contributed by atoms with Gasteiger partial charge < -0.3 is 4.90 Å². The van der Waals surface area contributed by atoms with Gasteiger partial charge in [-0.25, -0.2) is 0 Å². The van der Waals surface area contributed by atoms with Crippen LogP contribution in [-0.4, -0.2) is 23.9 Å². The lowest BCUT2D eigenvalue weighted by Gasteiger charge is -2.32. The summed E-state index contributed by atoms with van der Waals surface area (Å²) in [4.78, 5) is 14.6. The number of nitrogens with zero attached hydrogens (tertiary/aromatic N) is 1. The summed E-state index contributed by atoms with van der Waals surface area (Å²) < 4.78 is 0.974. The number of piperidine rings is 1. The van der Waals surface area contributed by atoms with E-state index in [0.29, 0.717) is 0 Å². The van der Waals surface area contributed by atoms with Crippen LogP contribution in [-0.2, 0) is 0 Å². The Bertz CT molecular complexity index is 450. The van der Waals surface area contributed by atoms with E-state index in [-0.39, 0.29) is 5.91 Å². The van der Waals surface area contributed by atoms with Crippen molar-refractivity contribution >= 4 is 21.8 Å². The third-order valence-corrected chi connectivity index (χ3v) is 4.52. The van der Waals surface area contributed by atoms with Gasteiger partial charge in [0.2, 0.25) is 0 Å². The topological polar surface area (TPSA) is 20.3 Å². The Balaban J connectivity index is 2.03. The lowest BCUT2D eigenvalue weighted by Crippen LogP contribution is -2.38. The summed E-state index contributed by atoms with van der Waals surface area (Å²) in [5, 5.41) is 0. The molecule has 2 rings (SSSR count). The number of rotatable bonds is 3. The number of benzene rings is 1. The summed E-state index contributed by atoms with van der Waals surface area (Å²) in [6.45, 7) is 6.07. The van der Waals surface area contributed by atoms with Crippen molar-refractivity contribution in [2.75, 3.05) is 13.1 Å². The van der Waals surface area contributed by atoms with E-state index < -0.39 is 0 Å². The van der Waals surface area contributed by atoms with Crippen LogP contribution < -0.4 is 0 Å². The molecule has 1 amide bonds. The smallest absolute Gasteiger partial charge is 0.254 e. The molecule has 1 fully saturated rings. The van der Waals surface area contributed by atoms with Crippen LogP contribution in [0.5, 0.6) is 0 Å². The van der Waals surface area contributed by atoms with Crippen LogP contribution in [0, 0.1) is 12.8 Å². The molecule has 1 heterocycles. The fourth-order valence-electron chi connectivity index (χ4n) is 2.83. The third-order valence-electron chi connectivity index (χ3n) is 4.03. The minimum absolute atomic E-state index is 0.189. The van der Waals surface area contributed by atoms with E-state index in [9.17, 15) is 4.79 Å². The van der Waals surface area contributed by atoms with Gasteiger partial charge in [0.1, 0.15) is 0 Å². The van der Waals surface area contributed by atoms with Crippen molar-refractivity contribution in [3.8, 4) is 0 Å². The van der Waals surface area contributed by atoms with Crippen molar-refractivity contribution in [2.45, 2.75) is 39.5 Å². The van der Waals surface area contributed by atoms with E-state index in [2.05, 4.69) is 22.9 Å². The Morgan fingerprint density at radius 1 is 1.37 bits per heavy atom. The number of hydrogen-bond donors (Lipinski definition) is 0. The summed E-state index contributed by atoms with van der Waals surface area (Å²) in [5.74, 6) is 1.01. The largest absolute Gasteiger partial charge is 0.339 e. The van der Waals surface area contributed by atoms with Gasteiger partial charge in [-0.05, 0) is 43.4 Å². The van der Waals surface area contributed by atoms with Gasteiger partial charge in [0, 0.05) is 23.1 Å². The second-order valence-corrected chi connectivity index (χ2v) is 6.40. The summed E-state index contributed by atoms with van der Waals surface area (Å²) in [6.07, 6.45) is 4.88. The van der Waals surface area contributed by atoms with Crippen molar-refractivity contribution in [1.82, 2.24) is 4.90 Å². The highest BCUT2D eigenvalue weighted by atomic mass is 79.9. The Labute approximate surface area is 124 Å². The summed E-state index contributed by atoms with van der Waals surface area (Å²) in [7, 11) is 0. The molecule has 1 aromatic carbocycles. The van der Waals surface area contributed by atoms with E-state index in [1.54, 1.807) is 0 Å². The molecule has 0 atom stereocenters. The van der Waals surface area contributed by atoms with Gasteiger partial charge in [-0.3, -0.25) is 4.79 Å². The maximum Gasteiger partial charge on any atom is 0.254 e. The number of aryl methyl sites for hydroxylation is 1. The van der Waals surface area contributed by atoms with Crippen molar-refractivity contribution < 1.29 is 4.79 Å². The second kappa shape index (κ2) is 6.56. The van der Waals surface area contributed by atoms with Crippen LogP contribution in [0.25, 0.3) is 0 Å². The molecule has 0 N–H and O–H groups in total. The predicted molar refractivity (Wildman–Crippen MR) is 82.4 cm³/mol. The molecule has 0 aromatic heterocycles. The Kier molecular flexibility index (Phi) is 5.03. The first kappa shape index (κ1) is 14.6. The number of carbonyl (C=O) groups is 1. The first-order valence-electron chi connectivity index (χ1n) is 7.17. The SMILES string of the molecule is CCCC1CCN(C(=O)c2cc(Br)ccc2C)CC1. The molecular formula is C16H22BrNO. The van der Waals surface area contributed by atoms with E-state index in [0.717, 1.165) is 47.4 Å². The standard InChI is InChI=1S/C16H22BrNO/c1-3-4-13-7-9-18(10-8-13)16(19)15-11-14(17)6-5-12(15)2/h5-6,11,13H,3-4,7-10H2,1-2H3. The minimum Gasteiger partial charge on any atom is -0.339 e. The fraction of sp³-hybridized carbons (Fsp3) is 0.562. The van der Waals surface area contributed by atoms with Gasteiger partial charge in [0.25, 0.3) is 5.91 Å². The summed E-state index contributed by atoms with van der Waals surface area (Å²) in [6, 6.07) is 5.93. The predicted octanol–water partition coefficient (Wildman–Crippen LogP) is 4.41. The third kappa shape index (κ3) is 3.59. The fourth-order valence-corrected chi connectivity index (χ4v) is 3.19. The average Bonchev–Trinajstić information content (AvgIpc) is 2.42. The van der Waals surface area contributed by atoms with Crippen LogP contribution in [0.3, 0.4) is 0 Å². The van der Waals surface area contributed by atoms with Gasteiger partial charge in [-0.1, -0.05) is 41.8 Å². The molecule has 0 unspecified atom stereocenters. The molecule has 0 spiro atoms. The zero-order valence-electron chi connectivity index (χ0n) is 11.8. The quantitative estimate of drug-likeness (QED) is 0.806. The highest BCUT2D eigenvalue weighted by molar-refractivity contribution is 9.10. The number of hydrogen-bond acceptors (Lipinski definition) is 1. The lowest BCUT2D eigenvalue weighted by molar-refractivity contribution is 0.0686. The van der Waals surface area contributed by atoms with E-state index >= 15 is 0 Å². The zero-order chi connectivity index (χ0) is 13.8. The molecule has 1 aliphatic rings. The second-order valence-electron chi connectivity index (χ2n) is 5.48. The van der Waals surface area contributed by atoms with Crippen LogP contribution >= 0.6 is 15.9 Å². The first-order chi connectivity index (χ1) is 9.11. The lowest BCUT2D eigenvalue weighted by atomic mass is 9.92. The monoisotopic (exact) mass is 323 g/mol. The minimum atomic E-state index is 0.189. The molecule has 0 radical (unpaired) electrons. The van der Waals surface area contributed by atoms with Gasteiger partial charge in [-0.15, -0.1) is 0 Å². The summed E-state index contributed by atoms with van der Waals surface area (Å²) in [5.41, 5.74) is 1.90. The van der Waals surface area contributed by atoms with Crippen LogP contribution in [0.4, 0.5) is 0 Å². The highest BCUT2D eigenvalue weighted by Gasteiger charge is 2.24. The van der Waals surface area contributed by atoms with Crippen molar-refractivity contribution in [2.24, 2.45) is 5.92 Å². The van der Waals surface area contributed by atoms with Crippen molar-refractivity contribution in [3.05, 3.63) is 33.8 Å². The highest BCUT2D eigenvalue weighted by Crippen LogP contribution is 2.24.